The van der Waals surface area contributed by atoms with E-state index < -0.39 is 51.7 Å². The van der Waals surface area contributed by atoms with Gasteiger partial charge in [-0.05, 0) is 6.92 Å². The molecule has 0 aliphatic rings. The Balaban J connectivity index is 4.66. The topological polar surface area (TPSA) is 61.8 Å². The third-order valence-corrected chi connectivity index (χ3v) is 3.56. The highest BCUT2D eigenvalue weighted by molar-refractivity contribution is 7.53. The molecule has 0 rings (SSSR count). The van der Waals surface area contributed by atoms with E-state index in [0.29, 0.717) is 0 Å². The van der Waals surface area contributed by atoms with Gasteiger partial charge in [0.25, 0.3) is 0 Å². The first-order valence-electron chi connectivity index (χ1n) is 5.54. The third kappa shape index (κ3) is 11.5. The van der Waals surface area contributed by atoms with Crippen LogP contribution in [-0.4, -0.2) is 44.3 Å². The second-order valence-electron chi connectivity index (χ2n) is 3.67. The van der Waals surface area contributed by atoms with E-state index in [0.717, 1.165) is 0 Å². The lowest BCUT2D eigenvalue weighted by Gasteiger charge is -2.20. The minimum Gasteiger partial charge on any atom is -0.466 e. The van der Waals surface area contributed by atoms with Crippen molar-refractivity contribution in [3.05, 3.63) is 0 Å². The fourth-order valence-electron chi connectivity index (χ4n) is 0.971. The normalized spacial score (nSPS) is 13.3. The Morgan fingerprint density at radius 1 is 1.00 bits per heavy atom. The molecular formula is C9H13F6O5P. The summed E-state index contributed by atoms with van der Waals surface area (Å²) in [5.74, 6) is -0.941. The van der Waals surface area contributed by atoms with Gasteiger partial charge < -0.3 is 4.74 Å². The number of carbonyl (C=O) groups excluding carboxylic acids is 1. The average molecular weight is 346 g/mol. The molecule has 126 valence electrons. The molecule has 0 aliphatic heterocycles. The first kappa shape index (κ1) is 20.2. The molecule has 0 aliphatic carbocycles. The summed E-state index contributed by atoms with van der Waals surface area (Å²) >= 11 is 0. The molecule has 0 saturated carbocycles. The number of carbonyl (C=O) groups is 1. The largest absolute Gasteiger partial charge is 0.466 e. The Labute approximate surface area is 116 Å². The molecule has 0 amide bonds. The third-order valence-electron chi connectivity index (χ3n) is 1.74. The van der Waals surface area contributed by atoms with Crippen molar-refractivity contribution in [3.63, 3.8) is 0 Å². The molecule has 0 aromatic rings. The van der Waals surface area contributed by atoms with Crippen molar-refractivity contribution in [2.75, 3.05) is 26.0 Å². The van der Waals surface area contributed by atoms with Crippen LogP contribution in [0.5, 0.6) is 0 Å². The van der Waals surface area contributed by atoms with Gasteiger partial charge in [0.05, 0.1) is 19.2 Å². The van der Waals surface area contributed by atoms with Gasteiger partial charge in [-0.15, -0.1) is 0 Å². The number of ether oxygens (including phenoxy) is 1. The maximum absolute atomic E-state index is 12.0. The lowest BCUT2D eigenvalue weighted by atomic mass is 10.5. The molecule has 0 heterocycles. The zero-order chi connectivity index (χ0) is 16.7. The summed E-state index contributed by atoms with van der Waals surface area (Å²) < 4.78 is 95.8. The Kier molecular flexibility index (Phi) is 7.69. The van der Waals surface area contributed by atoms with Crippen LogP contribution in [-0.2, 0) is 23.1 Å². The quantitative estimate of drug-likeness (QED) is 0.383. The smallest absolute Gasteiger partial charge is 0.412 e. The summed E-state index contributed by atoms with van der Waals surface area (Å²) in [6, 6.07) is 0. The van der Waals surface area contributed by atoms with Gasteiger partial charge in [-0.3, -0.25) is 18.4 Å². The molecule has 0 bridgehead atoms. The summed E-state index contributed by atoms with van der Waals surface area (Å²) in [4.78, 5) is 11.0. The molecule has 0 fully saturated rings. The predicted octanol–water partition coefficient (Wildman–Crippen LogP) is 3.29. The van der Waals surface area contributed by atoms with E-state index in [9.17, 15) is 35.7 Å². The second kappa shape index (κ2) is 8.00. The number of rotatable bonds is 8. The lowest BCUT2D eigenvalue weighted by molar-refractivity contribution is -0.165. The molecule has 21 heavy (non-hydrogen) atoms. The van der Waals surface area contributed by atoms with Crippen LogP contribution in [0.15, 0.2) is 0 Å². The predicted molar refractivity (Wildman–Crippen MR) is 57.7 cm³/mol. The molecule has 0 radical (unpaired) electrons. The van der Waals surface area contributed by atoms with Crippen LogP contribution in [0.2, 0.25) is 0 Å². The van der Waals surface area contributed by atoms with Gasteiger partial charge in [-0.2, -0.15) is 26.3 Å². The van der Waals surface area contributed by atoms with E-state index in [1.165, 1.54) is 6.92 Å². The van der Waals surface area contributed by atoms with Crippen molar-refractivity contribution in [3.8, 4) is 0 Å². The van der Waals surface area contributed by atoms with E-state index in [2.05, 4.69) is 13.8 Å². The molecule has 0 aromatic carbocycles. The van der Waals surface area contributed by atoms with Crippen LogP contribution in [0.1, 0.15) is 13.3 Å². The molecule has 12 heteroatoms. The van der Waals surface area contributed by atoms with Crippen LogP contribution in [0.4, 0.5) is 26.3 Å². The van der Waals surface area contributed by atoms with E-state index in [1.807, 2.05) is 0 Å². The van der Waals surface area contributed by atoms with Crippen molar-refractivity contribution >= 4 is 13.6 Å². The maximum atomic E-state index is 12.0. The molecule has 0 aromatic heterocycles. The van der Waals surface area contributed by atoms with Crippen LogP contribution < -0.4 is 0 Å². The van der Waals surface area contributed by atoms with Gasteiger partial charge in [0, 0.05) is 0 Å². The highest BCUT2D eigenvalue weighted by Gasteiger charge is 2.38. The molecule has 5 nitrogen and oxygen atoms in total. The van der Waals surface area contributed by atoms with E-state index >= 15 is 0 Å². The van der Waals surface area contributed by atoms with Crippen molar-refractivity contribution in [2.24, 2.45) is 0 Å². The summed E-state index contributed by atoms with van der Waals surface area (Å²) in [6.07, 6.45) is -11.4. The fourth-order valence-corrected chi connectivity index (χ4v) is 2.45. The zero-order valence-electron chi connectivity index (χ0n) is 10.8. The van der Waals surface area contributed by atoms with Crippen molar-refractivity contribution in [1.82, 2.24) is 0 Å². The summed E-state index contributed by atoms with van der Waals surface area (Å²) in [7, 11) is -4.73. The van der Waals surface area contributed by atoms with Gasteiger partial charge in [0.15, 0.2) is 13.2 Å². The monoisotopic (exact) mass is 346 g/mol. The minimum absolute atomic E-state index is 0.0457. The molecule has 0 saturated heterocycles. The van der Waals surface area contributed by atoms with Gasteiger partial charge in [-0.25, -0.2) is 0 Å². The Hall–Kier alpha value is -0.800. The molecular weight excluding hydrogens is 333 g/mol. The molecule has 0 spiro atoms. The first-order valence-corrected chi connectivity index (χ1v) is 7.27. The zero-order valence-corrected chi connectivity index (χ0v) is 11.7. The van der Waals surface area contributed by atoms with Crippen molar-refractivity contribution < 1.29 is 49.5 Å². The van der Waals surface area contributed by atoms with E-state index in [-0.39, 0.29) is 6.61 Å². The number of hydrogen-bond donors (Lipinski definition) is 0. The minimum atomic E-state index is -4.90. The summed E-state index contributed by atoms with van der Waals surface area (Å²) in [6.45, 7) is -2.70. The van der Waals surface area contributed by atoms with Crippen LogP contribution in [0, 0.1) is 0 Å². The van der Waals surface area contributed by atoms with Crippen molar-refractivity contribution in [1.29, 1.82) is 0 Å². The SMILES string of the molecule is CCOC(=O)CCP(=O)(OCC(F)(F)F)OCC(F)(F)F. The fraction of sp³-hybridized carbons (Fsp3) is 0.889. The van der Waals surface area contributed by atoms with Crippen LogP contribution >= 0.6 is 7.60 Å². The number of halogens is 6. The number of alkyl halides is 6. The number of esters is 1. The number of hydrogen-bond acceptors (Lipinski definition) is 5. The second-order valence-corrected chi connectivity index (χ2v) is 5.85. The standard InChI is InChI=1S/C9H13F6O5P/c1-2-18-7(16)3-4-21(17,19-5-8(10,11)12)20-6-9(13,14)15/h2-6H2,1H3. The molecule has 0 N–H and O–H groups in total. The van der Waals surface area contributed by atoms with Crippen LogP contribution in [0.3, 0.4) is 0 Å². The van der Waals surface area contributed by atoms with Gasteiger partial charge in [-0.1, -0.05) is 0 Å². The van der Waals surface area contributed by atoms with Gasteiger partial charge in [0.2, 0.25) is 0 Å². The highest BCUT2D eigenvalue weighted by Crippen LogP contribution is 2.50. The van der Waals surface area contributed by atoms with E-state index in [4.69, 9.17) is 0 Å². The lowest BCUT2D eigenvalue weighted by Crippen LogP contribution is -2.21. The average Bonchev–Trinajstić information content (AvgIpc) is 2.31. The summed E-state index contributed by atoms with van der Waals surface area (Å²) in [5.41, 5.74) is 0. The molecule has 0 atom stereocenters. The first-order chi connectivity index (χ1) is 9.37. The molecule has 0 unspecified atom stereocenters. The Bertz CT molecular complexity index is 358. The highest BCUT2D eigenvalue weighted by atomic mass is 31.2. The van der Waals surface area contributed by atoms with Crippen LogP contribution in [0.25, 0.3) is 0 Å². The van der Waals surface area contributed by atoms with Gasteiger partial charge >= 0.3 is 25.9 Å². The van der Waals surface area contributed by atoms with Gasteiger partial charge in [0.1, 0.15) is 0 Å². The maximum Gasteiger partial charge on any atom is 0.412 e. The Morgan fingerprint density at radius 3 is 1.76 bits per heavy atom. The summed E-state index contributed by atoms with van der Waals surface area (Å²) in [5, 5.41) is 0. The van der Waals surface area contributed by atoms with Crippen molar-refractivity contribution in [2.45, 2.75) is 25.7 Å². The van der Waals surface area contributed by atoms with E-state index in [1.54, 1.807) is 0 Å². The Morgan fingerprint density at radius 2 is 1.43 bits per heavy atom.